The summed E-state index contributed by atoms with van der Waals surface area (Å²) in [6.45, 7) is 17.7. The third-order valence-electron chi connectivity index (χ3n) is 8.40. The zero-order valence-corrected chi connectivity index (χ0v) is 36.4. The molecule has 4 atom stereocenters. The molecule has 0 fully saturated rings. The predicted molar refractivity (Wildman–Crippen MR) is 224 cm³/mol. The number of benzene rings is 2. The molecule has 2 amide bonds. The Bertz CT molecular complexity index is 1630. The molecule has 0 aromatic heterocycles. The zero-order chi connectivity index (χ0) is 42.6. The second kappa shape index (κ2) is 24.0. The first kappa shape index (κ1) is 48.2. The fraction of sp³-hybridized carbons (Fsp3) is 0.523. The van der Waals surface area contributed by atoms with Crippen molar-refractivity contribution in [2.45, 2.75) is 117 Å². The molecule has 12 nitrogen and oxygen atoms in total. The molecule has 314 valence electrons. The first-order chi connectivity index (χ1) is 26.7. The Labute approximate surface area is 340 Å². The van der Waals surface area contributed by atoms with Gasteiger partial charge < -0.3 is 34.3 Å². The van der Waals surface area contributed by atoms with Crippen molar-refractivity contribution in [3.8, 4) is 5.75 Å². The van der Waals surface area contributed by atoms with Gasteiger partial charge in [0.15, 0.2) is 6.10 Å². The molecule has 0 aliphatic heterocycles. The number of amides is 2. The van der Waals surface area contributed by atoms with Crippen LogP contribution in [-0.2, 0) is 44.5 Å². The molecule has 0 aliphatic carbocycles. The van der Waals surface area contributed by atoms with E-state index >= 15 is 0 Å². The van der Waals surface area contributed by atoms with E-state index < -0.39 is 61.8 Å². The summed E-state index contributed by atoms with van der Waals surface area (Å²) in [5.74, 6) is -2.10. The molecular weight excluding hydrogens is 745 g/mol. The maximum atomic E-state index is 13.6. The average Bonchev–Trinajstić information content (AvgIpc) is 3.12. The fourth-order valence-corrected chi connectivity index (χ4v) is 5.96. The highest BCUT2D eigenvalue weighted by molar-refractivity contribution is 6.76. The minimum absolute atomic E-state index is 0.0132. The van der Waals surface area contributed by atoms with Crippen LogP contribution in [0.2, 0.25) is 25.7 Å². The lowest BCUT2D eigenvalue weighted by Crippen LogP contribution is -2.43. The van der Waals surface area contributed by atoms with E-state index in [0.717, 1.165) is 17.2 Å². The zero-order valence-electron chi connectivity index (χ0n) is 35.4. The molecular formula is C44H64N2O10Si. The third-order valence-corrected chi connectivity index (χ3v) is 10.1. The number of hydrogen-bond acceptors (Lipinski definition) is 10. The molecule has 0 saturated carbocycles. The first-order valence-electron chi connectivity index (χ1n) is 19.6. The van der Waals surface area contributed by atoms with Gasteiger partial charge in [0.05, 0.1) is 20.1 Å². The van der Waals surface area contributed by atoms with Crippen molar-refractivity contribution in [1.29, 1.82) is 0 Å². The first-order valence-corrected chi connectivity index (χ1v) is 23.3. The largest absolute Gasteiger partial charge is 0.497 e. The van der Waals surface area contributed by atoms with Crippen molar-refractivity contribution in [3.05, 3.63) is 84.0 Å². The van der Waals surface area contributed by atoms with Crippen molar-refractivity contribution in [2.24, 2.45) is 11.8 Å². The summed E-state index contributed by atoms with van der Waals surface area (Å²) in [7, 11) is 0.108. The average molecular weight is 809 g/mol. The van der Waals surface area contributed by atoms with Crippen molar-refractivity contribution in [3.63, 3.8) is 0 Å². The van der Waals surface area contributed by atoms with Crippen LogP contribution in [0.5, 0.6) is 5.75 Å². The quantitative estimate of drug-likeness (QED) is 0.0524. The van der Waals surface area contributed by atoms with Gasteiger partial charge in [-0.2, -0.15) is 0 Å². The fourth-order valence-electron chi connectivity index (χ4n) is 5.24. The minimum atomic E-state index is -1.46. The Balaban J connectivity index is 2.22. The molecule has 0 spiro atoms. The number of nitrogens with one attached hydrogen (secondary N) is 2. The number of carbonyl (C=O) groups is 5. The Morgan fingerprint density at radius 3 is 2.14 bits per heavy atom. The van der Waals surface area contributed by atoms with Crippen molar-refractivity contribution < 1.29 is 47.7 Å². The van der Waals surface area contributed by atoms with Crippen LogP contribution in [0.4, 0.5) is 4.79 Å². The number of methoxy groups -OCH3 is 1. The summed E-state index contributed by atoms with van der Waals surface area (Å²) >= 11 is 0. The van der Waals surface area contributed by atoms with Crippen molar-refractivity contribution in [1.82, 2.24) is 10.6 Å². The maximum Gasteiger partial charge on any atom is 0.407 e. The molecule has 0 saturated heterocycles. The lowest BCUT2D eigenvalue weighted by molar-refractivity contribution is -0.173. The highest BCUT2D eigenvalue weighted by atomic mass is 28.3. The van der Waals surface area contributed by atoms with E-state index in [1.54, 1.807) is 46.1 Å². The van der Waals surface area contributed by atoms with Gasteiger partial charge in [-0.25, -0.2) is 14.4 Å². The normalized spacial score (nSPS) is 14.0. The second-order valence-corrected chi connectivity index (χ2v) is 22.2. The molecule has 0 bridgehead atoms. The smallest absolute Gasteiger partial charge is 0.407 e. The highest BCUT2D eigenvalue weighted by Gasteiger charge is 2.30. The second-order valence-electron chi connectivity index (χ2n) is 16.6. The van der Waals surface area contributed by atoms with Crippen molar-refractivity contribution in [2.75, 3.05) is 20.3 Å². The van der Waals surface area contributed by atoms with E-state index in [9.17, 15) is 24.0 Å². The molecule has 0 aliphatic rings. The summed E-state index contributed by atoms with van der Waals surface area (Å²) < 4.78 is 27.7. The molecule has 2 N–H and O–H groups in total. The summed E-state index contributed by atoms with van der Waals surface area (Å²) in [5.41, 5.74) is 1.07. The van der Waals surface area contributed by atoms with Gasteiger partial charge in [-0.05, 0) is 68.5 Å². The molecule has 1 unspecified atom stereocenters. The Morgan fingerprint density at radius 2 is 1.54 bits per heavy atom. The number of ether oxygens (including phenoxy) is 5. The van der Waals surface area contributed by atoms with E-state index in [1.165, 1.54) is 6.08 Å². The van der Waals surface area contributed by atoms with Gasteiger partial charge in [-0.3, -0.25) is 9.59 Å². The predicted octanol–water partition coefficient (Wildman–Crippen LogP) is 7.68. The molecule has 2 rings (SSSR count). The molecule has 0 heterocycles. The van der Waals surface area contributed by atoms with E-state index in [0.29, 0.717) is 5.75 Å². The Morgan fingerprint density at radius 1 is 0.877 bits per heavy atom. The Kier molecular flexibility index (Phi) is 20.3. The summed E-state index contributed by atoms with van der Waals surface area (Å²) in [6.07, 6.45) is 4.53. The van der Waals surface area contributed by atoms with Gasteiger partial charge >= 0.3 is 24.0 Å². The minimum Gasteiger partial charge on any atom is -0.497 e. The maximum absolute atomic E-state index is 13.6. The van der Waals surface area contributed by atoms with Crippen LogP contribution in [-0.4, -0.2) is 82.1 Å². The summed E-state index contributed by atoms with van der Waals surface area (Å²) in [4.78, 5) is 64.9. The van der Waals surface area contributed by atoms with Crippen LogP contribution < -0.4 is 15.4 Å². The van der Waals surface area contributed by atoms with Gasteiger partial charge in [0, 0.05) is 33.4 Å². The Hall–Kier alpha value is -4.91. The molecule has 57 heavy (non-hydrogen) atoms. The molecule has 13 heteroatoms. The molecule has 2 aromatic rings. The lowest BCUT2D eigenvalue weighted by Gasteiger charge is -2.25. The van der Waals surface area contributed by atoms with E-state index in [1.807, 2.05) is 75.4 Å². The van der Waals surface area contributed by atoms with Crippen molar-refractivity contribution >= 4 is 44.1 Å². The van der Waals surface area contributed by atoms with Crippen LogP contribution in [0.15, 0.2) is 72.8 Å². The third kappa shape index (κ3) is 21.3. The van der Waals surface area contributed by atoms with Gasteiger partial charge in [-0.15, -0.1) is 0 Å². The molecule has 0 radical (unpaired) electrons. The van der Waals surface area contributed by atoms with E-state index in [-0.39, 0.29) is 50.7 Å². The van der Waals surface area contributed by atoms with Crippen LogP contribution in [0.3, 0.4) is 0 Å². The van der Waals surface area contributed by atoms with Gasteiger partial charge in [0.25, 0.3) is 0 Å². The number of hydrogen-bond donors (Lipinski definition) is 2. The number of carbonyl (C=O) groups excluding carboxylic acids is 5. The summed E-state index contributed by atoms with van der Waals surface area (Å²) in [5, 5.41) is 5.31. The van der Waals surface area contributed by atoms with Crippen LogP contribution in [0.1, 0.15) is 71.9 Å². The SMILES string of the molecule is COc1ccc(C[C@H](NC(=O)/C=C/C[C@H](OC(=O)C(CC(C)C)OC(=O)CCNC(=O)OC(C)(C)C)[C@@H](C)/C=C/c2ccccc2)C(=O)OCC[Si](C)(C)C)cc1. The van der Waals surface area contributed by atoms with Gasteiger partial charge in [0.1, 0.15) is 23.5 Å². The highest BCUT2D eigenvalue weighted by Crippen LogP contribution is 2.20. The van der Waals surface area contributed by atoms with Gasteiger partial charge in [0.2, 0.25) is 5.91 Å². The topological polar surface area (TPSA) is 156 Å². The number of esters is 3. The lowest BCUT2D eigenvalue weighted by atomic mass is 9.99. The van der Waals surface area contributed by atoms with Crippen LogP contribution in [0.25, 0.3) is 6.08 Å². The molecule has 2 aromatic carbocycles. The number of rotatable bonds is 22. The summed E-state index contributed by atoms with van der Waals surface area (Å²) in [6, 6.07) is 16.7. The standard InChI is InChI=1S/C44H64N2O10Si/c1-31(2)29-38(54-40(48)25-26-45-43(51)56-44(4,5)6)42(50)55-37(32(3)19-20-33-15-12-11-13-16-33)17-14-18-39(47)46-36(41(49)53-27-28-57(8,9)10)30-34-21-23-35(52-7)24-22-34/h11-16,18-24,31-32,36-38H,17,25-30H2,1-10H3,(H,45,51)(H,46,47)/b18-14+,20-19+/t32-,36-,37-,38?/m0/s1. The number of alkyl carbamates (subject to hydrolysis) is 1. The van der Waals surface area contributed by atoms with E-state index in [4.69, 9.17) is 23.7 Å². The van der Waals surface area contributed by atoms with Gasteiger partial charge in [-0.1, -0.05) is 101 Å². The van der Waals surface area contributed by atoms with E-state index in [2.05, 4.69) is 30.3 Å². The van der Waals surface area contributed by atoms with Crippen LogP contribution >= 0.6 is 0 Å². The monoisotopic (exact) mass is 808 g/mol. The van der Waals surface area contributed by atoms with Crippen LogP contribution in [0, 0.1) is 11.8 Å².